The molecule has 0 atom stereocenters. The molecule has 0 amide bonds. The predicted octanol–water partition coefficient (Wildman–Crippen LogP) is 4.02. The van der Waals surface area contributed by atoms with Crippen molar-refractivity contribution in [2.24, 2.45) is 0 Å². The zero-order valence-corrected chi connectivity index (χ0v) is 12.5. The number of rotatable bonds is 2. The standard InChI is InChI=1S/C12H10BrClFN3O/c1-5-11(16)17-6(2)18-12(5)19-10-4-9(15)8(14)3-7(10)13/h3-4H,1-2H3,(H2,16,17,18). The molecule has 0 bridgehead atoms. The zero-order valence-electron chi connectivity index (χ0n) is 10.2. The molecule has 19 heavy (non-hydrogen) atoms. The monoisotopic (exact) mass is 345 g/mol. The second kappa shape index (κ2) is 5.30. The van der Waals surface area contributed by atoms with Crippen LogP contribution in [-0.2, 0) is 0 Å². The zero-order chi connectivity index (χ0) is 14.2. The second-order valence-corrected chi connectivity index (χ2v) is 5.15. The number of anilines is 1. The third kappa shape index (κ3) is 2.96. The van der Waals surface area contributed by atoms with Crippen LogP contribution in [0.15, 0.2) is 16.6 Å². The normalized spacial score (nSPS) is 10.6. The number of ether oxygens (including phenoxy) is 1. The van der Waals surface area contributed by atoms with Crippen LogP contribution in [0, 0.1) is 19.7 Å². The van der Waals surface area contributed by atoms with Gasteiger partial charge in [0, 0.05) is 6.07 Å². The molecule has 4 nitrogen and oxygen atoms in total. The van der Waals surface area contributed by atoms with Crippen LogP contribution >= 0.6 is 27.5 Å². The van der Waals surface area contributed by atoms with Crippen molar-refractivity contribution in [3.63, 3.8) is 0 Å². The van der Waals surface area contributed by atoms with Gasteiger partial charge in [-0.05, 0) is 35.8 Å². The Labute approximate surface area is 122 Å². The molecule has 0 spiro atoms. The second-order valence-electron chi connectivity index (χ2n) is 3.89. The van der Waals surface area contributed by atoms with E-state index in [4.69, 9.17) is 22.1 Å². The van der Waals surface area contributed by atoms with Gasteiger partial charge in [-0.25, -0.2) is 9.37 Å². The predicted molar refractivity (Wildman–Crippen MR) is 75.1 cm³/mol. The van der Waals surface area contributed by atoms with Gasteiger partial charge < -0.3 is 10.5 Å². The Morgan fingerprint density at radius 2 is 2.00 bits per heavy atom. The van der Waals surface area contributed by atoms with E-state index >= 15 is 0 Å². The first-order chi connectivity index (χ1) is 8.88. The molecule has 0 fully saturated rings. The largest absolute Gasteiger partial charge is 0.437 e. The smallest absolute Gasteiger partial charge is 0.227 e. The fourth-order valence-electron chi connectivity index (χ4n) is 1.41. The lowest BCUT2D eigenvalue weighted by Crippen LogP contribution is -2.02. The Morgan fingerprint density at radius 3 is 2.68 bits per heavy atom. The average Bonchev–Trinajstić information content (AvgIpc) is 2.32. The van der Waals surface area contributed by atoms with Crippen molar-refractivity contribution in [2.75, 3.05) is 5.73 Å². The maximum Gasteiger partial charge on any atom is 0.227 e. The molecule has 0 aliphatic heterocycles. The molecule has 7 heteroatoms. The van der Waals surface area contributed by atoms with Gasteiger partial charge in [-0.2, -0.15) is 4.98 Å². The molecule has 0 saturated heterocycles. The van der Waals surface area contributed by atoms with Crippen molar-refractivity contribution < 1.29 is 9.13 Å². The number of hydrogen-bond acceptors (Lipinski definition) is 4. The lowest BCUT2D eigenvalue weighted by Gasteiger charge is -2.11. The van der Waals surface area contributed by atoms with Gasteiger partial charge in [-0.3, -0.25) is 0 Å². The average molecular weight is 347 g/mol. The minimum Gasteiger partial charge on any atom is -0.437 e. The minimum absolute atomic E-state index is 0.00864. The van der Waals surface area contributed by atoms with Gasteiger partial charge in [-0.15, -0.1) is 0 Å². The maximum atomic E-state index is 13.4. The highest BCUT2D eigenvalue weighted by Gasteiger charge is 2.13. The fraction of sp³-hybridized carbons (Fsp3) is 0.167. The van der Waals surface area contributed by atoms with Gasteiger partial charge in [0.1, 0.15) is 23.2 Å². The summed E-state index contributed by atoms with van der Waals surface area (Å²) in [6.45, 7) is 3.42. The number of nitrogens with zero attached hydrogens (tertiary/aromatic N) is 2. The Morgan fingerprint density at radius 1 is 1.32 bits per heavy atom. The van der Waals surface area contributed by atoms with Crippen molar-refractivity contribution in [1.29, 1.82) is 0 Å². The lowest BCUT2D eigenvalue weighted by molar-refractivity contribution is 0.449. The van der Waals surface area contributed by atoms with Gasteiger partial charge >= 0.3 is 0 Å². The van der Waals surface area contributed by atoms with Crippen molar-refractivity contribution in [3.05, 3.63) is 38.8 Å². The fourth-order valence-corrected chi connectivity index (χ4v) is 2.13. The Bertz CT molecular complexity index is 651. The molecule has 0 aliphatic carbocycles. The van der Waals surface area contributed by atoms with Gasteiger partial charge in [0.2, 0.25) is 5.88 Å². The van der Waals surface area contributed by atoms with Crippen LogP contribution in [0.25, 0.3) is 0 Å². The summed E-state index contributed by atoms with van der Waals surface area (Å²) < 4.78 is 19.5. The molecule has 2 N–H and O–H groups in total. The SMILES string of the molecule is Cc1nc(N)c(C)c(Oc2cc(F)c(Cl)cc2Br)n1. The van der Waals surface area contributed by atoms with Crippen molar-refractivity contribution in [1.82, 2.24) is 9.97 Å². The van der Waals surface area contributed by atoms with E-state index in [1.807, 2.05) is 0 Å². The maximum absolute atomic E-state index is 13.4. The number of hydrogen-bond donors (Lipinski definition) is 1. The molecular weight excluding hydrogens is 337 g/mol. The number of benzene rings is 1. The van der Waals surface area contributed by atoms with Crippen LogP contribution in [0.3, 0.4) is 0 Å². The van der Waals surface area contributed by atoms with Crippen LogP contribution in [0.2, 0.25) is 5.02 Å². The van der Waals surface area contributed by atoms with Gasteiger partial charge in [0.25, 0.3) is 0 Å². The summed E-state index contributed by atoms with van der Waals surface area (Å²) in [7, 11) is 0. The van der Waals surface area contributed by atoms with Crippen molar-refractivity contribution in [2.45, 2.75) is 13.8 Å². The van der Waals surface area contributed by atoms with E-state index in [0.29, 0.717) is 21.7 Å². The van der Waals surface area contributed by atoms with E-state index < -0.39 is 5.82 Å². The van der Waals surface area contributed by atoms with E-state index in [9.17, 15) is 4.39 Å². The topological polar surface area (TPSA) is 61.0 Å². The van der Waals surface area contributed by atoms with Crippen LogP contribution in [-0.4, -0.2) is 9.97 Å². The first-order valence-electron chi connectivity index (χ1n) is 5.31. The molecule has 0 unspecified atom stereocenters. The number of aromatic nitrogens is 2. The number of halogens is 3. The summed E-state index contributed by atoms with van der Waals surface area (Å²) in [5.74, 6) is 0.780. The number of aryl methyl sites for hydroxylation is 1. The highest BCUT2D eigenvalue weighted by atomic mass is 79.9. The summed E-state index contributed by atoms with van der Waals surface area (Å²) >= 11 is 8.91. The third-order valence-electron chi connectivity index (χ3n) is 2.43. The van der Waals surface area contributed by atoms with E-state index in [2.05, 4.69) is 25.9 Å². The highest BCUT2D eigenvalue weighted by molar-refractivity contribution is 9.10. The van der Waals surface area contributed by atoms with Crippen LogP contribution < -0.4 is 10.5 Å². The molecule has 1 heterocycles. The molecule has 1 aromatic heterocycles. The van der Waals surface area contributed by atoms with Crippen LogP contribution in [0.5, 0.6) is 11.6 Å². The Hall–Kier alpha value is -1.40. The van der Waals surface area contributed by atoms with Gasteiger partial charge in [0.15, 0.2) is 0 Å². The first-order valence-corrected chi connectivity index (χ1v) is 6.48. The molecule has 2 rings (SSSR count). The molecule has 0 aliphatic rings. The van der Waals surface area contributed by atoms with Crippen LogP contribution in [0.1, 0.15) is 11.4 Å². The third-order valence-corrected chi connectivity index (χ3v) is 3.34. The highest BCUT2D eigenvalue weighted by Crippen LogP contribution is 2.34. The van der Waals surface area contributed by atoms with Gasteiger partial charge in [-0.1, -0.05) is 11.6 Å². The Kier molecular flexibility index (Phi) is 3.91. The Balaban J connectivity index is 2.44. The number of nitrogens with two attached hydrogens (primary N) is 1. The molecule has 2 aromatic rings. The van der Waals surface area contributed by atoms with E-state index in [1.165, 1.54) is 12.1 Å². The summed E-state index contributed by atoms with van der Waals surface area (Å²) in [4.78, 5) is 8.14. The molecule has 0 radical (unpaired) electrons. The lowest BCUT2D eigenvalue weighted by atomic mass is 10.3. The van der Waals surface area contributed by atoms with E-state index in [1.54, 1.807) is 13.8 Å². The van der Waals surface area contributed by atoms with Crippen molar-refractivity contribution in [3.8, 4) is 11.6 Å². The minimum atomic E-state index is -0.573. The molecule has 1 aromatic carbocycles. The summed E-state index contributed by atoms with van der Waals surface area (Å²) in [6, 6.07) is 2.60. The summed E-state index contributed by atoms with van der Waals surface area (Å²) in [5.41, 5.74) is 6.32. The summed E-state index contributed by atoms with van der Waals surface area (Å²) in [6.07, 6.45) is 0. The number of nitrogen functional groups attached to an aromatic ring is 1. The van der Waals surface area contributed by atoms with Gasteiger partial charge in [0.05, 0.1) is 15.1 Å². The van der Waals surface area contributed by atoms with E-state index in [-0.39, 0.29) is 16.7 Å². The molecule has 100 valence electrons. The van der Waals surface area contributed by atoms with E-state index in [0.717, 1.165) is 0 Å². The van der Waals surface area contributed by atoms with Crippen molar-refractivity contribution >= 4 is 33.3 Å². The first kappa shape index (κ1) is 14.0. The quantitative estimate of drug-likeness (QED) is 0.834. The molecule has 0 saturated carbocycles. The molecular formula is C12H10BrClFN3O. The van der Waals surface area contributed by atoms with Crippen LogP contribution in [0.4, 0.5) is 10.2 Å². The summed E-state index contributed by atoms with van der Waals surface area (Å²) in [5, 5.41) is 0.00864.